The monoisotopic (exact) mass is 401 g/mol. The summed E-state index contributed by atoms with van der Waals surface area (Å²) in [6.07, 6.45) is 0.184. The van der Waals surface area contributed by atoms with Crippen LogP contribution in [0, 0.1) is 0 Å². The maximum absolute atomic E-state index is 12.1. The molecule has 0 fully saturated rings. The highest BCUT2D eigenvalue weighted by atomic mass is 16.5. The van der Waals surface area contributed by atoms with Crippen molar-refractivity contribution in [3.05, 3.63) is 53.6 Å². The van der Waals surface area contributed by atoms with Gasteiger partial charge in [-0.25, -0.2) is 0 Å². The highest BCUT2D eigenvalue weighted by molar-refractivity contribution is 5.76. The molecule has 0 saturated heterocycles. The maximum Gasteiger partial charge on any atom is 0.220 e. The first-order valence-corrected chi connectivity index (χ1v) is 9.82. The van der Waals surface area contributed by atoms with Crippen LogP contribution in [0.25, 0.3) is 0 Å². The smallest absolute Gasteiger partial charge is 0.220 e. The Kier molecular flexibility index (Phi) is 8.80. The third-order valence-electron chi connectivity index (χ3n) is 4.62. The molecule has 2 rings (SSSR count). The summed E-state index contributed by atoms with van der Waals surface area (Å²) in [5.41, 5.74) is 2.41. The number of hydrogen-bond acceptors (Lipinski definition) is 5. The van der Waals surface area contributed by atoms with Gasteiger partial charge in [0.05, 0.1) is 14.2 Å². The number of nitrogens with one attached hydrogen (secondary N) is 1. The molecule has 0 radical (unpaired) electrons. The van der Waals surface area contributed by atoms with E-state index >= 15 is 0 Å². The highest BCUT2D eigenvalue weighted by Crippen LogP contribution is 2.36. The van der Waals surface area contributed by atoms with Gasteiger partial charge in [0.15, 0.2) is 11.5 Å². The van der Waals surface area contributed by atoms with E-state index in [2.05, 4.69) is 43.4 Å². The van der Waals surface area contributed by atoms with Crippen molar-refractivity contribution < 1.29 is 24.1 Å². The third kappa shape index (κ3) is 6.98. The van der Waals surface area contributed by atoms with Crippen LogP contribution in [0.4, 0.5) is 0 Å². The number of para-hydroxylation sites is 1. The van der Waals surface area contributed by atoms with Gasteiger partial charge in [0, 0.05) is 13.0 Å². The zero-order valence-corrected chi connectivity index (χ0v) is 17.6. The number of methoxy groups -OCH3 is 2. The van der Waals surface area contributed by atoms with E-state index in [1.54, 1.807) is 18.2 Å². The van der Waals surface area contributed by atoms with Crippen LogP contribution in [0.3, 0.4) is 0 Å². The molecule has 0 spiro atoms. The Morgan fingerprint density at radius 3 is 2.21 bits per heavy atom. The summed E-state index contributed by atoms with van der Waals surface area (Å²) in [6.45, 7) is 4.43. The van der Waals surface area contributed by atoms with Crippen molar-refractivity contribution in [2.24, 2.45) is 0 Å². The number of aliphatic hydroxyl groups excluding tert-OH is 1. The number of aliphatic hydroxyl groups is 1. The molecule has 0 aliphatic rings. The first kappa shape index (κ1) is 22.6. The first-order valence-electron chi connectivity index (χ1n) is 9.82. The van der Waals surface area contributed by atoms with Gasteiger partial charge in [-0.1, -0.05) is 44.2 Å². The minimum absolute atomic E-state index is 0.00762. The highest BCUT2D eigenvalue weighted by Gasteiger charge is 2.14. The first-order chi connectivity index (χ1) is 13.9. The summed E-state index contributed by atoms with van der Waals surface area (Å²) >= 11 is 0. The molecule has 0 aliphatic carbocycles. The molecule has 6 heteroatoms. The molecule has 2 aromatic carbocycles. The molecule has 29 heavy (non-hydrogen) atoms. The molecule has 0 heterocycles. The minimum Gasteiger partial charge on any atom is -0.493 e. The standard InChI is InChI=1S/C23H31NO5/c1-16(2)18-11-8-17(9-12-18)10-13-22(26)24-14-19(25)15-29-23-20(27-3)6-5-7-21(23)28-4/h5-9,11-12,16,19,25H,10,13-15H2,1-4H3,(H,24,26). The number of benzene rings is 2. The summed E-state index contributed by atoms with van der Waals surface area (Å²) in [5.74, 6) is 1.85. The third-order valence-corrected chi connectivity index (χ3v) is 4.62. The lowest BCUT2D eigenvalue weighted by molar-refractivity contribution is -0.121. The molecular weight excluding hydrogens is 370 g/mol. The molecular formula is C23H31NO5. The number of amides is 1. The Hall–Kier alpha value is -2.73. The van der Waals surface area contributed by atoms with Crippen molar-refractivity contribution in [1.82, 2.24) is 5.32 Å². The van der Waals surface area contributed by atoms with Gasteiger partial charge in [-0.15, -0.1) is 0 Å². The molecule has 2 N–H and O–H groups in total. The van der Waals surface area contributed by atoms with Crippen LogP contribution >= 0.6 is 0 Å². The molecule has 1 amide bonds. The van der Waals surface area contributed by atoms with E-state index in [1.165, 1.54) is 19.8 Å². The predicted molar refractivity (Wildman–Crippen MR) is 113 cm³/mol. The second-order valence-electron chi connectivity index (χ2n) is 7.16. The van der Waals surface area contributed by atoms with Gasteiger partial charge < -0.3 is 24.6 Å². The van der Waals surface area contributed by atoms with Crippen molar-refractivity contribution in [3.63, 3.8) is 0 Å². The Morgan fingerprint density at radius 1 is 1.03 bits per heavy atom. The topological polar surface area (TPSA) is 77.0 Å². The van der Waals surface area contributed by atoms with Gasteiger partial charge in [-0.3, -0.25) is 4.79 Å². The lowest BCUT2D eigenvalue weighted by Crippen LogP contribution is -2.35. The van der Waals surface area contributed by atoms with Crippen LogP contribution in [0.15, 0.2) is 42.5 Å². The van der Waals surface area contributed by atoms with E-state index in [4.69, 9.17) is 14.2 Å². The summed E-state index contributed by atoms with van der Waals surface area (Å²) in [4.78, 5) is 12.1. The molecule has 0 aliphatic heterocycles. The summed E-state index contributed by atoms with van der Waals surface area (Å²) < 4.78 is 16.2. The molecule has 158 valence electrons. The van der Waals surface area contributed by atoms with Crippen molar-refractivity contribution in [2.75, 3.05) is 27.4 Å². The van der Waals surface area contributed by atoms with Crippen molar-refractivity contribution in [3.8, 4) is 17.2 Å². The fourth-order valence-electron chi connectivity index (χ4n) is 2.85. The van der Waals surface area contributed by atoms with Gasteiger partial charge in [0.25, 0.3) is 0 Å². The minimum atomic E-state index is -0.848. The number of hydrogen-bond donors (Lipinski definition) is 2. The second kappa shape index (κ2) is 11.3. The summed E-state index contributed by atoms with van der Waals surface area (Å²) in [6, 6.07) is 13.6. The van der Waals surface area contributed by atoms with Gasteiger partial charge >= 0.3 is 0 Å². The quantitative estimate of drug-likeness (QED) is 0.604. The molecule has 0 bridgehead atoms. The van der Waals surface area contributed by atoms with Crippen LogP contribution in [-0.2, 0) is 11.2 Å². The number of ether oxygens (including phenoxy) is 3. The van der Waals surface area contributed by atoms with Crippen molar-refractivity contribution >= 4 is 5.91 Å². The van der Waals surface area contributed by atoms with E-state index < -0.39 is 6.10 Å². The second-order valence-corrected chi connectivity index (χ2v) is 7.16. The molecule has 1 atom stereocenters. The summed E-state index contributed by atoms with van der Waals surface area (Å²) in [5, 5.41) is 12.9. The maximum atomic E-state index is 12.1. The molecule has 2 aromatic rings. The number of carbonyl (C=O) groups excluding carboxylic acids is 1. The van der Waals surface area contributed by atoms with E-state index in [-0.39, 0.29) is 19.1 Å². The molecule has 0 saturated carbocycles. The fourth-order valence-corrected chi connectivity index (χ4v) is 2.85. The molecule has 0 aromatic heterocycles. The Morgan fingerprint density at radius 2 is 1.66 bits per heavy atom. The Balaban J connectivity index is 1.75. The van der Waals surface area contributed by atoms with Gasteiger partial charge in [-0.2, -0.15) is 0 Å². The van der Waals surface area contributed by atoms with Gasteiger partial charge in [-0.05, 0) is 35.6 Å². The zero-order chi connectivity index (χ0) is 21.2. The number of aryl methyl sites for hydroxylation is 1. The summed E-state index contributed by atoms with van der Waals surface area (Å²) in [7, 11) is 3.07. The van der Waals surface area contributed by atoms with Gasteiger partial charge in [0.1, 0.15) is 12.7 Å². The SMILES string of the molecule is COc1cccc(OC)c1OCC(O)CNC(=O)CCc1ccc(C(C)C)cc1. The average Bonchev–Trinajstić information content (AvgIpc) is 2.74. The molecule has 6 nitrogen and oxygen atoms in total. The Bertz CT molecular complexity index is 751. The van der Waals surface area contributed by atoms with Crippen molar-refractivity contribution in [1.29, 1.82) is 0 Å². The largest absolute Gasteiger partial charge is 0.493 e. The van der Waals surface area contributed by atoms with Crippen LogP contribution < -0.4 is 19.5 Å². The fraction of sp³-hybridized carbons (Fsp3) is 0.435. The van der Waals surface area contributed by atoms with Crippen molar-refractivity contribution in [2.45, 2.75) is 38.7 Å². The lowest BCUT2D eigenvalue weighted by atomic mass is 10.0. The average molecular weight is 402 g/mol. The molecule has 1 unspecified atom stereocenters. The van der Waals surface area contributed by atoms with E-state index in [1.807, 2.05) is 0 Å². The number of rotatable bonds is 11. The van der Waals surface area contributed by atoms with Crippen LogP contribution in [0.5, 0.6) is 17.2 Å². The van der Waals surface area contributed by atoms with E-state index in [0.717, 1.165) is 5.56 Å². The number of carbonyl (C=O) groups is 1. The van der Waals surface area contributed by atoms with Crippen LogP contribution in [0.1, 0.15) is 37.3 Å². The normalized spacial score (nSPS) is 11.8. The zero-order valence-electron chi connectivity index (χ0n) is 17.6. The van der Waals surface area contributed by atoms with Crippen LogP contribution in [-0.4, -0.2) is 44.5 Å². The van der Waals surface area contributed by atoms with E-state index in [9.17, 15) is 9.90 Å². The van der Waals surface area contributed by atoms with Crippen LogP contribution in [0.2, 0.25) is 0 Å². The predicted octanol–water partition coefficient (Wildman–Crippen LogP) is 3.32. The Labute approximate surface area is 172 Å². The van der Waals surface area contributed by atoms with Gasteiger partial charge in [0.2, 0.25) is 11.7 Å². The lowest BCUT2D eigenvalue weighted by Gasteiger charge is -2.17. The van der Waals surface area contributed by atoms with E-state index in [0.29, 0.717) is 36.0 Å².